The molecule has 0 spiro atoms. The Balaban J connectivity index is 3.77. The summed E-state index contributed by atoms with van der Waals surface area (Å²) in [7, 11) is 1.50. The molecule has 0 atom stereocenters. The van der Waals surface area contributed by atoms with Crippen molar-refractivity contribution in [1.29, 1.82) is 0 Å². The fraction of sp³-hybridized carbons (Fsp3) is 0.667. The first-order chi connectivity index (χ1) is 5.11. The third kappa shape index (κ3) is 3.57. The van der Waals surface area contributed by atoms with Crippen LogP contribution in [0.4, 0.5) is 0 Å². The Morgan fingerprint density at radius 1 is 1.55 bits per heavy atom. The molecule has 0 rings (SSSR count). The van der Waals surface area contributed by atoms with Gasteiger partial charge in [0.15, 0.2) is 0 Å². The minimum Gasteiger partial charge on any atom is -0.336 e. The predicted molar refractivity (Wildman–Crippen MR) is 37.9 cm³/mol. The lowest BCUT2D eigenvalue weighted by Crippen LogP contribution is -2.36. The number of hydrogen-bond acceptors (Lipinski definition) is 3. The van der Waals surface area contributed by atoms with Crippen LogP contribution in [0.15, 0.2) is 0 Å². The summed E-state index contributed by atoms with van der Waals surface area (Å²) in [6, 6.07) is 0. The third-order valence-corrected chi connectivity index (χ3v) is 1.23. The van der Waals surface area contributed by atoms with E-state index in [9.17, 15) is 9.59 Å². The van der Waals surface area contributed by atoms with Gasteiger partial charge in [-0.25, -0.2) is 5.48 Å². The minimum absolute atomic E-state index is 0.108. The standard InChI is InChI=1S/C6H12N2O3/c1-3-6(10)8(2)4-5(9)7-11/h11H,3-4H2,1-2H3,(H,7,9). The Morgan fingerprint density at radius 3 is 2.45 bits per heavy atom. The summed E-state index contributed by atoms with van der Waals surface area (Å²) in [5.74, 6) is -0.720. The summed E-state index contributed by atoms with van der Waals surface area (Å²) < 4.78 is 0. The molecule has 0 heterocycles. The lowest BCUT2D eigenvalue weighted by atomic mass is 10.4. The SMILES string of the molecule is CCC(=O)N(C)CC(=O)NO. The van der Waals surface area contributed by atoms with Gasteiger partial charge in [-0.05, 0) is 0 Å². The number of nitrogens with one attached hydrogen (secondary N) is 1. The number of carbonyl (C=O) groups excluding carboxylic acids is 2. The number of hydroxylamine groups is 1. The lowest BCUT2D eigenvalue weighted by Gasteiger charge is -2.13. The highest BCUT2D eigenvalue weighted by molar-refractivity contribution is 5.83. The van der Waals surface area contributed by atoms with Crippen LogP contribution >= 0.6 is 0 Å². The summed E-state index contributed by atoms with van der Waals surface area (Å²) in [6.45, 7) is 1.60. The molecule has 5 heteroatoms. The van der Waals surface area contributed by atoms with E-state index in [4.69, 9.17) is 5.21 Å². The van der Waals surface area contributed by atoms with Gasteiger partial charge >= 0.3 is 0 Å². The van der Waals surface area contributed by atoms with Gasteiger partial charge in [0.25, 0.3) is 5.91 Å². The number of amides is 2. The molecule has 0 aromatic heterocycles. The second-order valence-corrected chi connectivity index (χ2v) is 2.14. The molecular formula is C6H12N2O3. The van der Waals surface area contributed by atoms with Gasteiger partial charge in [-0.1, -0.05) is 6.92 Å². The maximum Gasteiger partial charge on any atom is 0.262 e. The van der Waals surface area contributed by atoms with Crippen molar-refractivity contribution in [1.82, 2.24) is 10.4 Å². The molecule has 0 bridgehead atoms. The average molecular weight is 160 g/mol. The maximum absolute atomic E-state index is 10.8. The summed E-state index contributed by atoms with van der Waals surface area (Å²) in [5, 5.41) is 8.10. The van der Waals surface area contributed by atoms with Crippen LogP contribution < -0.4 is 5.48 Å². The van der Waals surface area contributed by atoms with E-state index >= 15 is 0 Å². The Bertz CT molecular complexity index is 158. The predicted octanol–water partition coefficient (Wildman–Crippen LogP) is -0.640. The molecule has 0 fully saturated rings. The molecule has 5 nitrogen and oxygen atoms in total. The molecule has 2 N–H and O–H groups in total. The fourth-order valence-corrected chi connectivity index (χ4v) is 0.609. The Kier molecular flexibility index (Phi) is 4.21. The van der Waals surface area contributed by atoms with Gasteiger partial charge in [0.1, 0.15) is 6.54 Å². The second-order valence-electron chi connectivity index (χ2n) is 2.14. The van der Waals surface area contributed by atoms with Crippen LogP contribution in [0.5, 0.6) is 0 Å². The van der Waals surface area contributed by atoms with E-state index in [1.54, 1.807) is 6.92 Å². The highest BCUT2D eigenvalue weighted by atomic mass is 16.5. The number of carbonyl (C=O) groups is 2. The number of rotatable bonds is 3. The summed E-state index contributed by atoms with van der Waals surface area (Å²) in [4.78, 5) is 22.6. The van der Waals surface area contributed by atoms with E-state index in [1.807, 2.05) is 0 Å². The van der Waals surface area contributed by atoms with Crippen molar-refractivity contribution < 1.29 is 14.8 Å². The molecule has 11 heavy (non-hydrogen) atoms. The Labute approximate surface area is 64.9 Å². The van der Waals surface area contributed by atoms with Crippen molar-refractivity contribution in [2.24, 2.45) is 0 Å². The van der Waals surface area contributed by atoms with Gasteiger partial charge < -0.3 is 4.90 Å². The molecule has 0 aliphatic rings. The van der Waals surface area contributed by atoms with Crippen molar-refractivity contribution in [2.45, 2.75) is 13.3 Å². The van der Waals surface area contributed by atoms with Crippen molar-refractivity contribution in [3.8, 4) is 0 Å². The van der Waals surface area contributed by atoms with Crippen LogP contribution in [-0.4, -0.2) is 35.5 Å². The summed E-state index contributed by atoms with van der Waals surface area (Å²) in [6.07, 6.45) is 0.356. The molecule has 2 amide bonds. The van der Waals surface area contributed by atoms with Gasteiger partial charge in [0, 0.05) is 13.5 Å². The second kappa shape index (κ2) is 4.68. The molecule has 0 aliphatic carbocycles. The molecule has 0 radical (unpaired) electrons. The quantitative estimate of drug-likeness (QED) is 0.426. The topological polar surface area (TPSA) is 69.6 Å². The summed E-state index contributed by atoms with van der Waals surface area (Å²) >= 11 is 0. The summed E-state index contributed by atoms with van der Waals surface area (Å²) in [5.41, 5.74) is 1.44. The normalized spacial score (nSPS) is 9.00. The van der Waals surface area contributed by atoms with Crippen molar-refractivity contribution in [3.63, 3.8) is 0 Å². The highest BCUT2D eigenvalue weighted by Crippen LogP contribution is 1.87. The third-order valence-electron chi connectivity index (χ3n) is 1.23. The van der Waals surface area contributed by atoms with Crippen LogP contribution in [0.3, 0.4) is 0 Å². The first-order valence-electron chi connectivity index (χ1n) is 3.28. The van der Waals surface area contributed by atoms with Crippen LogP contribution in [0.1, 0.15) is 13.3 Å². The van der Waals surface area contributed by atoms with E-state index in [0.29, 0.717) is 6.42 Å². The zero-order chi connectivity index (χ0) is 8.85. The van der Waals surface area contributed by atoms with Crippen LogP contribution in [0, 0.1) is 0 Å². The Hall–Kier alpha value is -1.10. The maximum atomic E-state index is 10.8. The van der Waals surface area contributed by atoms with E-state index < -0.39 is 5.91 Å². The molecule has 0 aromatic rings. The largest absolute Gasteiger partial charge is 0.336 e. The highest BCUT2D eigenvalue weighted by Gasteiger charge is 2.09. The van der Waals surface area contributed by atoms with Gasteiger partial charge in [0.2, 0.25) is 5.91 Å². The van der Waals surface area contributed by atoms with Gasteiger partial charge in [0.05, 0.1) is 0 Å². The molecule has 0 saturated carbocycles. The van der Waals surface area contributed by atoms with E-state index in [-0.39, 0.29) is 12.5 Å². The van der Waals surface area contributed by atoms with Crippen molar-refractivity contribution >= 4 is 11.8 Å². The number of hydrogen-bond donors (Lipinski definition) is 2. The average Bonchev–Trinajstić information content (AvgIpc) is 2.02. The molecule has 64 valence electrons. The number of likely N-dealkylation sites (N-methyl/N-ethyl adjacent to an activating group) is 1. The smallest absolute Gasteiger partial charge is 0.262 e. The zero-order valence-corrected chi connectivity index (χ0v) is 6.63. The van der Waals surface area contributed by atoms with Crippen LogP contribution in [-0.2, 0) is 9.59 Å². The van der Waals surface area contributed by atoms with E-state index in [0.717, 1.165) is 0 Å². The molecular weight excluding hydrogens is 148 g/mol. The Morgan fingerprint density at radius 2 is 2.09 bits per heavy atom. The number of nitrogens with zero attached hydrogens (tertiary/aromatic N) is 1. The minimum atomic E-state index is -0.589. The molecule has 0 aliphatic heterocycles. The molecule has 0 aromatic carbocycles. The first-order valence-corrected chi connectivity index (χ1v) is 3.28. The molecule has 0 saturated heterocycles. The van der Waals surface area contributed by atoms with Crippen molar-refractivity contribution in [3.05, 3.63) is 0 Å². The van der Waals surface area contributed by atoms with Gasteiger partial charge in [-0.2, -0.15) is 0 Å². The van der Waals surface area contributed by atoms with Crippen LogP contribution in [0.2, 0.25) is 0 Å². The van der Waals surface area contributed by atoms with Crippen molar-refractivity contribution in [2.75, 3.05) is 13.6 Å². The van der Waals surface area contributed by atoms with E-state index in [2.05, 4.69) is 0 Å². The fourth-order valence-electron chi connectivity index (χ4n) is 0.609. The monoisotopic (exact) mass is 160 g/mol. The molecule has 0 unspecified atom stereocenters. The van der Waals surface area contributed by atoms with Crippen LogP contribution in [0.25, 0.3) is 0 Å². The lowest BCUT2D eigenvalue weighted by molar-refractivity contribution is -0.137. The van der Waals surface area contributed by atoms with Gasteiger partial charge in [-0.3, -0.25) is 14.8 Å². The zero-order valence-electron chi connectivity index (χ0n) is 6.63. The van der Waals surface area contributed by atoms with Gasteiger partial charge in [-0.15, -0.1) is 0 Å². The first kappa shape index (κ1) is 9.90. The van der Waals surface area contributed by atoms with E-state index in [1.165, 1.54) is 17.4 Å².